The number of hydrogen-bond donors (Lipinski definition) is 3. The summed E-state index contributed by atoms with van der Waals surface area (Å²) in [6, 6.07) is 0. The summed E-state index contributed by atoms with van der Waals surface area (Å²) in [7, 11) is 0. The fourth-order valence-corrected chi connectivity index (χ4v) is 0.517. The molecule has 0 atom stereocenters. The first-order valence-corrected chi connectivity index (χ1v) is 2.85. The van der Waals surface area contributed by atoms with Crippen molar-refractivity contribution in [2.75, 3.05) is 17.6 Å². The number of nitrogens with zero attached hydrogens (tertiary/aromatic N) is 2. The number of nitrogens with one attached hydrogen (secondary N) is 2. The molecule has 1 aromatic rings. The summed E-state index contributed by atoms with van der Waals surface area (Å²) >= 11 is 0. The zero-order chi connectivity index (χ0) is 7.40. The average molecular weight is 139 g/mol. The van der Waals surface area contributed by atoms with Crippen molar-refractivity contribution in [3.8, 4) is 0 Å². The topological polar surface area (TPSA) is 79.6 Å². The van der Waals surface area contributed by atoms with E-state index in [1.807, 2.05) is 0 Å². The predicted octanol–water partition coefficient (Wildman–Crippen LogP) is -0.0152. The van der Waals surface area contributed by atoms with Crippen LogP contribution in [-0.4, -0.2) is 21.7 Å². The molecule has 54 valence electrons. The fraction of sp³-hybridized carbons (Fsp3) is 0.200. The lowest BCUT2D eigenvalue weighted by molar-refractivity contribution is 1.08. The fourth-order valence-electron chi connectivity index (χ4n) is 0.517. The second-order valence-corrected chi connectivity index (χ2v) is 1.71. The van der Waals surface area contributed by atoms with Gasteiger partial charge in [0.1, 0.15) is 0 Å². The Morgan fingerprint density at radius 2 is 2.60 bits per heavy atom. The molecule has 0 aliphatic rings. The van der Waals surface area contributed by atoms with Gasteiger partial charge in [-0.3, -0.25) is 0 Å². The number of nitrogen functional groups attached to an aromatic ring is 1. The third kappa shape index (κ3) is 1.48. The molecule has 5 nitrogen and oxygen atoms in total. The molecule has 0 aromatic carbocycles. The zero-order valence-corrected chi connectivity index (χ0v) is 5.46. The molecule has 1 aromatic heterocycles. The smallest absolute Gasteiger partial charge is 0.243 e. The van der Waals surface area contributed by atoms with Gasteiger partial charge in [0.05, 0.1) is 0 Å². The molecule has 4 N–H and O–H groups in total. The molecule has 0 saturated heterocycles. The minimum absolute atomic E-state index is 0.312. The Morgan fingerprint density at radius 3 is 3.10 bits per heavy atom. The summed E-state index contributed by atoms with van der Waals surface area (Å²) in [5.74, 6) is 0.809. The van der Waals surface area contributed by atoms with Crippen LogP contribution in [0, 0.1) is 0 Å². The van der Waals surface area contributed by atoms with Crippen LogP contribution in [0.25, 0.3) is 0 Å². The van der Waals surface area contributed by atoms with E-state index in [1.165, 1.54) is 0 Å². The van der Waals surface area contributed by atoms with Crippen molar-refractivity contribution in [1.29, 1.82) is 0 Å². The monoisotopic (exact) mass is 139 g/mol. The highest BCUT2D eigenvalue weighted by Crippen LogP contribution is 1.96. The van der Waals surface area contributed by atoms with E-state index in [4.69, 9.17) is 5.73 Å². The van der Waals surface area contributed by atoms with Gasteiger partial charge in [0.25, 0.3) is 0 Å². The lowest BCUT2D eigenvalue weighted by Gasteiger charge is -1.91. The molecule has 0 bridgehead atoms. The van der Waals surface area contributed by atoms with Gasteiger partial charge in [0, 0.05) is 6.54 Å². The molecule has 0 spiro atoms. The van der Waals surface area contributed by atoms with Crippen LogP contribution < -0.4 is 11.1 Å². The summed E-state index contributed by atoms with van der Waals surface area (Å²) in [6.07, 6.45) is 1.71. The highest BCUT2D eigenvalue weighted by Gasteiger charge is 1.94. The van der Waals surface area contributed by atoms with Crippen LogP contribution in [0.15, 0.2) is 12.7 Å². The van der Waals surface area contributed by atoms with Crippen molar-refractivity contribution in [3.05, 3.63) is 12.7 Å². The van der Waals surface area contributed by atoms with Gasteiger partial charge >= 0.3 is 0 Å². The average Bonchev–Trinajstić information content (AvgIpc) is 2.31. The van der Waals surface area contributed by atoms with Crippen molar-refractivity contribution in [2.24, 2.45) is 0 Å². The first-order chi connectivity index (χ1) is 4.83. The Bertz CT molecular complexity index is 216. The third-order valence-corrected chi connectivity index (χ3v) is 0.907. The number of nitrogens with two attached hydrogens (primary N) is 1. The van der Waals surface area contributed by atoms with Crippen molar-refractivity contribution < 1.29 is 0 Å². The standard InChI is InChI=1S/C5H9N5/c1-2-3-7-5-8-4(6)9-10-5/h2H,1,3H2,(H4,6,7,8,9,10). The van der Waals surface area contributed by atoms with Crippen molar-refractivity contribution in [1.82, 2.24) is 15.2 Å². The summed E-state index contributed by atoms with van der Waals surface area (Å²) in [5.41, 5.74) is 5.26. The molecule has 1 heterocycles. The Balaban J connectivity index is 2.49. The number of hydrogen-bond acceptors (Lipinski definition) is 4. The minimum Gasteiger partial charge on any atom is -0.368 e. The first-order valence-electron chi connectivity index (χ1n) is 2.85. The quantitative estimate of drug-likeness (QED) is 0.514. The molecule has 0 amide bonds. The second-order valence-electron chi connectivity index (χ2n) is 1.71. The highest BCUT2D eigenvalue weighted by atomic mass is 15.3. The van der Waals surface area contributed by atoms with E-state index in [9.17, 15) is 0 Å². The summed E-state index contributed by atoms with van der Waals surface area (Å²) < 4.78 is 0. The van der Waals surface area contributed by atoms with Crippen LogP contribution in [0.1, 0.15) is 0 Å². The molecule has 0 fully saturated rings. The third-order valence-electron chi connectivity index (χ3n) is 0.907. The normalized spacial score (nSPS) is 9.20. The van der Waals surface area contributed by atoms with Crippen LogP contribution in [0.5, 0.6) is 0 Å². The van der Waals surface area contributed by atoms with Gasteiger partial charge in [0.15, 0.2) is 0 Å². The van der Waals surface area contributed by atoms with E-state index in [0.717, 1.165) is 0 Å². The molecular weight excluding hydrogens is 130 g/mol. The number of aromatic nitrogens is 3. The van der Waals surface area contributed by atoms with Gasteiger partial charge in [-0.15, -0.1) is 11.7 Å². The molecular formula is C5H9N5. The highest BCUT2D eigenvalue weighted by molar-refractivity contribution is 5.30. The van der Waals surface area contributed by atoms with Crippen LogP contribution in [0.4, 0.5) is 11.9 Å². The van der Waals surface area contributed by atoms with Gasteiger partial charge < -0.3 is 11.1 Å². The SMILES string of the molecule is C=CCNc1n[nH]c(N)n1. The Kier molecular flexibility index (Phi) is 1.89. The molecule has 10 heavy (non-hydrogen) atoms. The van der Waals surface area contributed by atoms with Crippen molar-refractivity contribution in [3.63, 3.8) is 0 Å². The molecule has 0 radical (unpaired) electrons. The van der Waals surface area contributed by atoms with E-state index in [-0.39, 0.29) is 0 Å². The van der Waals surface area contributed by atoms with E-state index in [0.29, 0.717) is 18.4 Å². The minimum atomic E-state index is 0.312. The zero-order valence-electron chi connectivity index (χ0n) is 5.46. The lowest BCUT2D eigenvalue weighted by atomic mass is 10.6. The summed E-state index contributed by atoms with van der Waals surface area (Å²) in [5, 5.41) is 9.09. The summed E-state index contributed by atoms with van der Waals surface area (Å²) in [6.45, 7) is 4.16. The van der Waals surface area contributed by atoms with Crippen LogP contribution in [0.2, 0.25) is 0 Å². The van der Waals surface area contributed by atoms with Gasteiger partial charge in [-0.25, -0.2) is 5.10 Å². The van der Waals surface area contributed by atoms with Crippen LogP contribution in [0.3, 0.4) is 0 Å². The van der Waals surface area contributed by atoms with E-state index < -0.39 is 0 Å². The Hall–Kier alpha value is -1.52. The van der Waals surface area contributed by atoms with Crippen LogP contribution >= 0.6 is 0 Å². The lowest BCUT2D eigenvalue weighted by Crippen LogP contribution is -1.99. The van der Waals surface area contributed by atoms with Gasteiger partial charge in [-0.1, -0.05) is 6.08 Å². The number of aromatic amines is 1. The van der Waals surface area contributed by atoms with Gasteiger partial charge in [-0.2, -0.15) is 4.98 Å². The van der Waals surface area contributed by atoms with Crippen LogP contribution in [-0.2, 0) is 0 Å². The molecule has 0 aliphatic carbocycles. The Morgan fingerprint density at radius 1 is 1.80 bits per heavy atom. The maximum Gasteiger partial charge on any atom is 0.243 e. The predicted molar refractivity (Wildman–Crippen MR) is 39.5 cm³/mol. The van der Waals surface area contributed by atoms with Gasteiger partial charge in [-0.05, 0) is 0 Å². The molecule has 0 unspecified atom stereocenters. The summed E-state index contributed by atoms with van der Waals surface area (Å²) in [4.78, 5) is 3.80. The largest absolute Gasteiger partial charge is 0.368 e. The molecule has 0 aliphatic heterocycles. The van der Waals surface area contributed by atoms with E-state index in [1.54, 1.807) is 6.08 Å². The van der Waals surface area contributed by atoms with Gasteiger partial charge in [0.2, 0.25) is 11.9 Å². The Labute approximate surface area is 58.3 Å². The second kappa shape index (κ2) is 2.86. The molecule has 1 rings (SSSR count). The molecule has 5 heteroatoms. The number of anilines is 2. The van der Waals surface area contributed by atoms with E-state index in [2.05, 4.69) is 27.1 Å². The maximum atomic E-state index is 5.26. The van der Waals surface area contributed by atoms with E-state index >= 15 is 0 Å². The van der Waals surface area contributed by atoms with Crippen molar-refractivity contribution >= 4 is 11.9 Å². The number of rotatable bonds is 3. The molecule has 0 saturated carbocycles. The number of H-pyrrole nitrogens is 1. The maximum absolute atomic E-state index is 5.26. The first kappa shape index (κ1) is 6.60. The van der Waals surface area contributed by atoms with Crippen molar-refractivity contribution in [2.45, 2.75) is 0 Å².